The summed E-state index contributed by atoms with van der Waals surface area (Å²) in [4.78, 5) is 18.4. The Labute approximate surface area is 164 Å². The minimum absolute atomic E-state index is 0.112. The van der Waals surface area contributed by atoms with Crippen molar-refractivity contribution in [1.82, 2.24) is 14.5 Å². The van der Waals surface area contributed by atoms with Crippen molar-refractivity contribution in [1.29, 1.82) is 0 Å². The smallest absolute Gasteiger partial charge is 0.417 e. The molecular weight excluding hydrogens is 421 g/mol. The first kappa shape index (κ1) is 20.7. The number of hydrogen-bond donors (Lipinski definition) is 1. The molecule has 0 saturated carbocycles. The molecule has 0 spiro atoms. The summed E-state index contributed by atoms with van der Waals surface area (Å²) in [5, 5.41) is -0.665. The van der Waals surface area contributed by atoms with E-state index < -0.39 is 29.3 Å². The molecule has 0 aliphatic carbocycles. The number of fused-ring (bicyclic) bond motifs is 1. The maximum Gasteiger partial charge on any atom is 0.417 e. The van der Waals surface area contributed by atoms with E-state index >= 15 is 0 Å². The van der Waals surface area contributed by atoms with Crippen LogP contribution in [0.15, 0.2) is 29.1 Å². The molecule has 0 fully saturated rings. The Hall–Kier alpha value is -3.02. The Bertz CT molecular complexity index is 1200. The largest absolute Gasteiger partial charge is 0.493 e. The number of aromatic amines is 1. The topological polar surface area (TPSA) is 69.1 Å². The van der Waals surface area contributed by atoms with Gasteiger partial charge in [-0.2, -0.15) is 22.0 Å². The van der Waals surface area contributed by atoms with E-state index in [4.69, 9.17) is 17.0 Å². The number of aromatic nitrogens is 3. The van der Waals surface area contributed by atoms with Gasteiger partial charge < -0.3 is 14.0 Å². The van der Waals surface area contributed by atoms with Gasteiger partial charge in [0.2, 0.25) is 0 Å². The average Bonchev–Trinajstić information content (AvgIpc) is 2.64. The quantitative estimate of drug-likeness (QED) is 0.491. The molecule has 0 aliphatic heterocycles. The number of methoxy groups -OCH3 is 1. The van der Waals surface area contributed by atoms with Gasteiger partial charge in [0.1, 0.15) is 5.65 Å². The Morgan fingerprint density at radius 2 is 1.90 bits per heavy atom. The van der Waals surface area contributed by atoms with Gasteiger partial charge in [0.05, 0.1) is 23.8 Å². The fourth-order valence-electron chi connectivity index (χ4n) is 2.73. The zero-order chi connectivity index (χ0) is 21.5. The fourth-order valence-corrected chi connectivity index (χ4v) is 2.91. The van der Waals surface area contributed by atoms with Crippen LogP contribution in [0.3, 0.4) is 0 Å². The zero-order valence-corrected chi connectivity index (χ0v) is 15.6. The van der Waals surface area contributed by atoms with Gasteiger partial charge in [-0.25, -0.2) is 4.98 Å². The maximum absolute atomic E-state index is 13.6. The van der Waals surface area contributed by atoms with Crippen LogP contribution in [0.2, 0.25) is 0 Å². The molecule has 6 nitrogen and oxygen atoms in total. The van der Waals surface area contributed by atoms with Crippen molar-refractivity contribution in [2.24, 2.45) is 7.05 Å². The van der Waals surface area contributed by atoms with E-state index in [1.807, 2.05) is 0 Å². The highest BCUT2D eigenvalue weighted by molar-refractivity contribution is 7.71. The number of alkyl halides is 5. The highest BCUT2D eigenvalue weighted by Crippen LogP contribution is 2.37. The normalized spacial score (nSPS) is 11.9. The molecule has 0 atom stereocenters. The maximum atomic E-state index is 13.6. The second kappa shape index (κ2) is 7.43. The molecule has 0 amide bonds. The summed E-state index contributed by atoms with van der Waals surface area (Å²) in [6.45, 7) is -3.11. The Morgan fingerprint density at radius 1 is 1.21 bits per heavy atom. The first-order chi connectivity index (χ1) is 13.5. The Balaban J connectivity index is 2.32. The number of H-pyrrole nitrogens is 1. The molecule has 12 heteroatoms. The number of rotatable bonds is 4. The molecule has 0 unspecified atom stereocenters. The van der Waals surface area contributed by atoms with Gasteiger partial charge in [-0.15, -0.1) is 0 Å². The number of benzene rings is 1. The van der Waals surface area contributed by atoms with E-state index in [0.29, 0.717) is 6.07 Å². The average molecular weight is 433 g/mol. The number of pyridine rings is 1. The highest BCUT2D eigenvalue weighted by Gasteiger charge is 2.35. The van der Waals surface area contributed by atoms with E-state index in [-0.39, 0.29) is 33.2 Å². The lowest BCUT2D eigenvalue weighted by Gasteiger charge is -2.15. The Morgan fingerprint density at radius 3 is 2.48 bits per heavy atom. The van der Waals surface area contributed by atoms with Crippen LogP contribution in [-0.2, 0) is 13.2 Å². The van der Waals surface area contributed by atoms with E-state index in [9.17, 15) is 26.7 Å². The minimum atomic E-state index is -4.86. The first-order valence-electron chi connectivity index (χ1n) is 7.87. The van der Waals surface area contributed by atoms with Crippen molar-refractivity contribution in [2.45, 2.75) is 12.8 Å². The van der Waals surface area contributed by atoms with E-state index in [1.54, 1.807) is 0 Å². The number of nitrogens with one attached hydrogen (secondary N) is 1. The van der Waals surface area contributed by atoms with Crippen molar-refractivity contribution in [3.8, 4) is 22.8 Å². The van der Waals surface area contributed by atoms with Crippen LogP contribution in [-0.4, -0.2) is 28.3 Å². The summed E-state index contributed by atoms with van der Waals surface area (Å²) in [6.07, 6.45) is -4.86. The summed E-state index contributed by atoms with van der Waals surface area (Å²) < 4.78 is 76.2. The predicted octanol–water partition coefficient (Wildman–Crippen LogP) is 4.29. The molecule has 154 valence electrons. The third kappa shape index (κ3) is 3.92. The number of nitrogens with zero attached hydrogens (tertiary/aromatic N) is 2. The SMILES string of the molecule is COc1cc(-c2cc(C(F)(F)F)c3c(=O)[nH]c(=S)n(C)c3n2)ccc1OC(F)F. The number of hydrogen-bond acceptors (Lipinski definition) is 5. The molecule has 2 aromatic heterocycles. The lowest BCUT2D eigenvalue weighted by Crippen LogP contribution is -2.19. The van der Waals surface area contributed by atoms with Crippen LogP contribution >= 0.6 is 12.2 Å². The highest BCUT2D eigenvalue weighted by atomic mass is 32.1. The van der Waals surface area contributed by atoms with Gasteiger partial charge in [-0.3, -0.25) is 9.78 Å². The molecule has 3 rings (SSSR count). The van der Waals surface area contributed by atoms with Crippen molar-refractivity contribution in [2.75, 3.05) is 7.11 Å². The molecular formula is C17H12F5N3O3S. The second-order valence-electron chi connectivity index (χ2n) is 5.81. The molecule has 1 aromatic carbocycles. The molecule has 1 N–H and O–H groups in total. The standard InChI is InChI=1S/C17H12F5N3O3S/c1-25-13-12(14(26)24-16(25)29)8(17(20,21)22)6-9(23-13)7-3-4-10(28-15(18)19)11(5-7)27-2/h3-6,15H,1-2H3,(H,24,26,29). The summed E-state index contributed by atoms with van der Waals surface area (Å²) >= 11 is 4.94. The predicted molar refractivity (Wildman–Crippen MR) is 95.8 cm³/mol. The number of ether oxygens (including phenoxy) is 2. The second-order valence-corrected chi connectivity index (χ2v) is 6.20. The first-order valence-corrected chi connectivity index (χ1v) is 8.28. The lowest BCUT2D eigenvalue weighted by atomic mass is 10.1. The molecule has 0 radical (unpaired) electrons. The van der Waals surface area contributed by atoms with E-state index in [2.05, 4.69) is 14.7 Å². The van der Waals surface area contributed by atoms with E-state index in [0.717, 1.165) is 10.6 Å². The van der Waals surface area contributed by atoms with Crippen LogP contribution in [0.25, 0.3) is 22.3 Å². The minimum Gasteiger partial charge on any atom is -0.493 e. The van der Waals surface area contributed by atoms with Crippen LogP contribution in [0, 0.1) is 4.77 Å². The van der Waals surface area contributed by atoms with Crippen molar-refractivity contribution in [3.05, 3.63) is 45.0 Å². The third-order valence-corrected chi connectivity index (χ3v) is 4.43. The van der Waals surface area contributed by atoms with Gasteiger partial charge in [-0.1, -0.05) is 0 Å². The molecule has 0 aliphatic rings. The Kier molecular flexibility index (Phi) is 5.30. The van der Waals surface area contributed by atoms with Gasteiger partial charge in [0.25, 0.3) is 5.56 Å². The third-order valence-electron chi connectivity index (χ3n) is 4.05. The van der Waals surface area contributed by atoms with Crippen LogP contribution in [0.1, 0.15) is 5.56 Å². The molecule has 0 bridgehead atoms. The molecule has 2 heterocycles. The van der Waals surface area contributed by atoms with Crippen molar-refractivity contribution in [3.63, 3.8) is 0 Å². The van der Waals surface area contributed by atoms with Crippen molar-refractivity contribution >= 4 is 23.3 Å². The van der Waals surface area contributed by atoms with Gasteiger partial charge in [-0.05, 0) is 36.5 Å². The van der Waals surface area contributed by atoms with Crippen molar-refractivity contribution < 1.29 is 31.4 Å². The van der Waals surface area contributed by atoms with Gasteiger partial charge >= 0.3 is 12.8 Å². The van der Waals surface area contributed by atoms with Crippen LogP contribution in [0.4, 0.5) is 22.0 Å². The molecule has 3 aromatic rings. The molecule has 0 saturated heterocycles. The van der Waals surface area contributed by atoms with Gasteiger partial charge in [0, 0.05) is 12.6 Å². The number of aryl methyl sites for hydroxylation is 1. The van der Waals surface area contributed by atoms with Crippen LogP contribution in [0.5, 0.6) is 11.5 Å². The van der Waals surface area contributed by atoms with E-state index in [1.165, 1.54) is 26.3 Å². The monoisotopic (exact) mass is 433 g/mol. The summed E-state index contributed by atoms with van der Waals surface area (Å²) in [6, 6.07) is 4.27. The lowest BCUT2D eigenvalue weighted by molar-refractivity contribution is -0.136. The summed E-state index contributed by atoms with van der Waals surface area (Å²) in [7, 11) is 2.55. The number of halogens is 5. The van der Waals surface area contributed by atoms with Crippen LogP contribution < -0.4 is 15.0 Å². The summed E-state index contributed by atoms with van der Waals surface area (Å²) in [5.74, 6) is -0.421. The zero-order valence-electron chi connectivity index (χ0n) is 14.8. The summed E-state index contributed by atoms with van der Waals surface area (Å²) in [5.41, 5.74) is -2.55. The fraction of sp³-hybridized carbons (Fsp3) is 0.235. The van der Waals surface area contributed by atoms with Gasteiger partial charge in [0.15, 0.2) is 16.3 Å². The molecule has 29 heavy (non-hydrogen) atoms.